The largest absolute Gasteiger partial charge is 0.381 e. The number of rotatable bonds is 2. The minimum Gasteiger partial charge on any atom is -0.381 e. The van der Waals surface area contributed by atoms with Crippen LogP contribution in [-0.2, 0) is 11.3 Å². The summed E-state index contributed by atoms with van der Waals surface area (Å²) in [6.45, 7) is 4.75. The molecule has 0 aliphatic carbocycles. The SMILES string of the molecule is CN=C(NCc1cccc(Br)c1)N1CCC2(CCOC2)C1.I. The van der Waals surface area contributed by atoms with Crippen LogP contribution in [0, 0.1) is 5.41 Å². The highest BCUT2D eigenvalue weighted by atomic mass is 127. The molecule has 1 aromatic rings. The molecule has 122 valence electrons. The molecule has 22 heavy (non-hydrogen) atoms. The fourth-order valence-electron chi connectivity index (χ4n) is 3.25. The molecule has 1 atom stereocenters. The fourth-order valence-corrected chi connectivity index (χ4v) is 3.69. The number of halogens is 2. The Morgan fingerprint density at radius 3 is 3.00 bits per heavy atom. The number of likely N-dealkylation sites (tertiary alicyclic amines) is 1. The van der Waals surface area contributed by atoms with Gasteiger partial charge in [0.05, 0.1) is 6.61 Å². The number of guanidine groups is 1. The van der Waals surface area contributed by atoms with Crippen LogP contribution in [0.15, 0.2) is 33.7 Å². The Morgan fingerprint density at radius 1 is 1.45 bits per heavy atom. The van der Waals surface area contributed by atoms with E-state index in [1.165, 1.54) is 18.4 Å². The number of benzene rings is 1. The number of hydrogen-bond donors (Lipinski definition) is 1. The average molecular weight is 480 g/mol. The Kier molecular flexibility index (Phi) is 6.52. The zero-order chi connectivity index (χ0) is 14.7. The molecule has 2 aliphatic rings. The highest BCUT2D eigenvalue weighted by molar-refractivity contribution is 14.0. The van der Waals surface area contributed by atoms with Crippen molar-refractivity contribution >= 4 is 45.9 Å². The summed E-state index contributed by atoms with van der Waals surface area (Å²) in [6, 6.07) is 8.37. The molecule has 2 saturated heterocycles. The van der Waals surface area contributed by atoms with E-state index in [9.17, 15) is 0 Å². The molecule has 0 saturated carbocycles. The lowest BCUT2D eigenvalue weighted by Gasteiger charge is -2.25. The quantitative estimate of drug-likeness (QED) is 0.402. The normalized spacial score (nSPS) is 24.6. The highest BCUT2D eigenvalue weighted by Crippen LogP contribution is 2.38. The first-order valence-electron chi connectivity index (χ1n) is 7.49. The van der Waals surface area contributed by atoms with Gasteiger partial charge in [0.15, 0.2) is 5.96 Å². The molecule has 0 amide bonds. The van der Waals surface area contributed by atoms with Gasteiger partial charge in [-0.1, -0.05) is 28.1 Å². The smallest absolute Gasteiger partial charge is 0.193 e. The van der Waals surface area contributed by atoms with E-state index in [1.807, 2.05) is 13.1 Å². The van der Waals surface area contributed by atoms with E-state index in [-0.39, 0.29) is 24.0 Å². The molecular formula is C16H23BrIN3O. The Balaban J connectivity index is 0.00000176. The molecule has 0 bridgehead atoms. The molecule has 2 aliphatic heterocycles. The Morgan fingerprint density at radius 2 is 2.32 bits per heavy atom. The minimum absolute atomic E-state index is 0. The van der Waals surface area contributed by atoms with Crippen LogP contribution >= 0.6 is 39.9 Å². The number of nitrogens with one attached hydrogen (secondary N) is 1. The van der Waals surface area contributed by atoms with Crippen molar-refractivity contribution in [2.45, 2.75) is 19.4 Å². The third-order valence-electron chi connectivity index (χ3n) is 4.47. The van der Waals surface area contributed by atoms with E-state index in [0.29, 0.717) is 5.41 Å². The molecule has 2 fully saturated rings. The third-order valence-corrected chi connectivity index (χ3v) is 4.97. The van der Waals surface area contributed by atoms with Gasteiger partial charge in [0.1, 0.15) is 0 Å². The van der Waals surface area contributed by atoms with Gasteiger partial charge >= 0.3 is 0 Å². The number of ether oxygens (including phenoxy) is 1. The van der Waals surface area contributed by atoms with Crippen molar-refractivity contribution in [2.24, 2.45) is 10.4 Å². The van der Waals surface area contributed by atoms with Gasteiger partial charge < -0.3 is 15.0 Å². The van der Waals surface area contributed by atoms with E-state index in [1.54, 1.807) is 0 Å². The summed E-state index contributed by atoms with van der Waals surface area (Å²) in [5.41, 5.74) is 1.62. The molecule has 6 heteroatoms. The fraction of sp³-hybridized carbons (Fsp3) is 0.562. The molecule has 0 radical (unpaired) electrons. The van der Waals surface area contributed by atoms with Gasteiger partial charge in [0.2, 0.25) is 0 Å². The van der Waals surface area contributed by atoms with Gasteiger partial charge in [-0.05, 0) is 30.5 Å². The second kappa shape index (κ2) is 7.97. The number of nitrogens with zero attached hydrogens (tertiary/aromatic N) is 2. The molecule has 2 heterocycles. The van der Waals surface area contributed by atoms with Crippen LogP contribution < -0.4 is 5.32 Å². The van der Waals surface area contributed by atoms with Crippen molar-refractivity contribution in [3.05, 3.63) is 34.3 Å². The van der Waals surface area contributed by atoms with Crippen molar-refractivity contribution in [2.75, 3.05) is 33.4 Å². The summed E-state index contributed by atoms with van der Waals surface area (Å²) < 4.78 is 6.71. The molecule has 1 spiro atoms. The van der Waals surface area contributed by atoms with Crippen LogP contribution in [0.3, 0.4) is 0 Å². The lowest BCUT2D eigenvalue weighted by atomic mass is 9.87. The van der Waals surface area contributed by atoms with Crippen molar-refractivity contribution < 1.29 is 4.74 Å². The average Bonchev–Trinajstić information content (AvgIpc) is 3.11. The summed E-state index contributed by atoms with van der Waals surface area (Å²) in [5.74, 6) is 0.999. The lowest BCUT2D eigenvalue weighted by Crippen LogP contribution is -2.41. The molecule has 1 aromatic carbocycles. The maximum Gasteiger partial charge on any atom is 0.193 e. The first-order chi connectivity index (χ1) is 10.2. The van der Waals surface area contributed by atoms with Gasteiger partial charge in [-0.25, -0.2) is 0 Å². The summed E-state index contributed by atoms with van der Waals surface area (Å²) in [5, 5.41) is 3.48. The maximum atomic E-state index is 5.59. The Hall–Kier alpha value is -0.340. The molecular weight excluding hydrogens is 457 g/mol. The second-order valence-corrected chi connectivity index (χ2v) is 6.92. The van der Waals surface area contributed by atoms with E-state index in [0.717, 1.165) is 43.3 Å². The van der Waals surface area contributed by atoms with Crippen molar-refractivity contribution in [3.8, 4) is 0 Å². The van der Waals surface area contributed by atoms with Gasteiger partial charge in [-0.15, -0.1) is 24.0 Å². The molecule has 0 aromatic heterocycles. The van der Waals surface area contributed by atoms with E-state index < -0.39 is 0 Å². The standard InChI is InChI=1S/C16H22BrN3O.HI/c1-18-15(19-10-13-3-2-4-14(17)9-13)20-7-5-16(11-20)6-8-21-12-16;/h2-4,9H,5-8,10-12H2,1H3,(H,18,19);1H. The topological polar surface area (TPSA) is 36.9 Å². The molecule has 3 rings (SSSR count). The zero-order valence-corrected chi connectivity index (χ0v) is 16.8. The maximum absolute atomic E-state index is 5.59. The summed E-state index contributed by atoms with van der Waals surface area (Å²) >= 11 is 3.51. The van der Waals surface area contributed by atoms with Crippen LogP contribution in [0.5, 0.6) is 0 Å². The highest BCUT2D eigenvalue weighted by Gasteiger charge is 2.42. The zero-order valence-electron chi connectivity index (χ0n) is 12.8. The lowest BCUT2D eigenvalue weighted by molar-refractivity contribution is 0.156. The van der Waals surface area contributed by atoms with Crippen molar-refractivity contribution in [1.82, 2.24) is 10.2 Å². The molecule has 4 nitrogen and oxygen atoms in total. The van der Waals surface area contributed by atoms with Crippen LogP contribution in [0.25, 0.3) is 0 Å². The predicted molar refractivity (Wildman–Crippen MR) is 104 cm³/mol. The predicted octanol–water partition coefficient (Wildman–Crippen LogP) is 3.25. The first kappa shape index (κ1) is 18.0. The van der Waals surface area contributed by atoms with E-state index in [2.05, 4.69) is 49.3 Å². The summed E-state index contributed by atoms with van der Waals surface area (Å²) in [4.78, 5) is 6.81. The van der Waals surface area contributed by atoms with Crippen molar-refractivity contribution in [1.29, 1.82) is 0 Å². The van der Waals surface area contributed by atoms with Crippen LogP contribution in [0.2, 0.25) is 0 Å². The monoisotopic (exact) mass is 479 g/mol. The summed E-state index contributed by atoms with van der Waals surface area (Å²) in [7, 11) is 1.86. The Labute approximate surface area is 157 Å². The van der Waals surface area contributed by atoms with E-state index in [4.69, 9.17) is 4.74 Å². The van der Waals surface area contributed by atoms with Gasteiger partial charge in [0, 0.05) is 43.2 Å². The number of aliphatic imine (C=N–C) groups is 1. The van der Waals surface area contributed by atoms with Gasteiger partial charge in [-0.3, -0.25) is 4.99 Å². The molecule has 1 unspecified atom stereocenters. The molecule has 1 N–H and O–H groups in total. The minimum atomic E-state index is 0. The van der Waals surface area contributed by atoms with Crippen molar-refractivity contribution in [3.63, 3.8) is 0 Å². The van der Waals surface area contributed by atoms with Crippen LogP contribution in [-0.4, -0.2) is 44.2 Å². The van der Waals surface area contributed by atoms with Crippen LogP contribution in [0.1, 0.15) is 18.4 Å². The second-order valence-electron chi connectivity index (χ2n) is 6.00. The summed E-state index contributed by atoms with van der Waals surface area (Å²) in [6.07, 6.45) is 2.40. The first-order valence-corrected chi connectivity index (χ1v) is 8.28. The van der Waals surface area contributed by atoms with Crippen LogP contribution in [0.4, 0.5) is 0 Å². The Bertz CT molecular complexity index is 532. The van der Waals surface area contributed by atoms with Gasteiger partial charge in [-0.2, -0.15) is 0 Å². The third kappa shape index (κ3) is 4.14. The number of hydrogen-bond acceptors (Lipinski definition) is 2. The van der Waals surface area contributed by atoms with E-state index >= 15 is 0 Å². The van der Waals surface area contributed by atoms with Gasteiger partial charge in [0.25, 0.3) is 0 Å².